The van der Waals surface area contributed by atoms with Gasteiger partial charge < -0.3 is 10.6 Å². The van der Waals surface area contributed by atoms with Crippen molar-refractivity contribution in [2.24, 2.45) is 0 Å². The number of nitrogens with zero attached hydrogens (tertiary/aromatic N) is 4. The van der Waals surface area contributed by atoms with E-state index in [4.69, 9.17) is 12.8 Å². The Morgan fingerprint density at radius 1 is 0.696 bits per heavy atom. The van der Waals surface area contributed by atoms with Crippen molar-refractivity contribution < 1.29 is 19.4 Å². The van der Waals surface area contributed by atoms with Crippen molar-refractivity contribution in [3.8, 4) is 47.1 Å². The van der Waals surface area contributed by atoms with Crippen molar-refractivity contribution in [3.05, 3.63) is 106 Å². The molecule has 2 aromatic heterocycles. The number of benzene rings is 2. The lowest BCUT2D eigenvalue weighted by Crippen LogP contribution is -2.10. The predicted molar refractivity (Wildman–Crippen MR) is 175 cm³/mol. The highest BCUT2D eigenvalue weighted by Crippen LogP contribution is 2.25. The van der Waals surface area contributed by atoms with Crippen LogP contribution in [0.4, 0.5) is 22.7 Å². The van der Waals surface area contributed by atoms with Crippen molar-refractivity contribution in [3.63, 3.8) is 0 Å². The highest BCUT2D eigenvalue weighted by atomic mass is 16.6. The van der Waals surface area contributed by atoms with Gasteiger partial charge in [0.25, 0.3) is 11.4 Å². The molecule has 2 N–H and O–H groups in total. The average Bonchev–Trinajstić information content (AvgIpc) is 3.05. The summed E-state index contributed by atoms with van der Waals surface area (Å²) in [6.07, 6.45) is 17.4. The Morgan fingerprint density at radius 2 is 1.26 bits per heavy atom. The first-order chi connectivity index (χ1) is 22.2. The molecule has 0 saturated heterocycles. The highest BCUT2D eigenvalue weighted by molar-refractivity contribution is 5.92. The fourth-order valence-electron chi connectivity index (χ4n) is 4.03. The van der Waals surface area contributed by atoms with Crippen LogP contribution in [0.3, 0.4) is 0 Å². The zero-order chi connectivity index (χ0) is 33.3. The summed E-state index contributed by atoms with van der Waals surface area (Å²) in [6.45, 7) is 0. The summed E-state index contributed by atoms with van der Waals surface area (Å²) in [4.78, 5) is 52.0. The molecule has 0 unspecified atom stereocenters. The molecule has 0 atom stereocenters. The number of anilines is 2. The lowest BCUT2D eigenvalue weighted by Gasteiger charge is -2.07. The van der Waals surface area contributed by atoms with Gasteiger partial charge in [-0.25, -0.2) is 4.98 Å². The summed E-state index contributed by atoms with van der Waals surface area (Å²) in [6, 6.07) is 18.6. The van der Waals surface area contributed by atoms with Gasteiger partial charge in [-0.2, -0.15) is 0 Å². The molecule has 2 heterocycles. The van der Waals surface area contributed by atoms with Crippen molar-refractivity contribution in [1.29, 1.82) is 0 Å². The van der Waals surface area contributed by atoms with E-state index in [1.807, 2.05) is 6.07 Å². The van der Waals surface area contributed by atoms with E-state index in [2.05, 4.69) is 32.4 Å². The molecule has 46 heavy (non-hydrogen) atoms. The van der Waals surface area contributed by atoms with Crippen LogP contribution in [0.1, 0.15) is 38.5 Å². The van der Waals surface area contributed by atoms with Crippen molar-refractivity contribution >= 4 is 34.6 Å². The monoisotopic (exact) mass is 618 g/mol. The van der Waals surface area contributed by atoms with Crippen LogP contribution >= 0.6 is 0 Å². The molecule has 12 nitrogen and oxygen atoms in total. The van der Waals surface area contributed by atoms with E-state index in [-0.39, 0.29) is 23.2 Å². The maximum Gasteiger partial charge on any atom is 0.288 e. The Bertz CT molecular complexity index is 1780. The largest absolute Gasteiger partial charge is 0.326 e. The predicted octanol–water partition coefficient (Wildman–Crippen LogP) is 6.80. The number of carbonyl (C=O) groups excluding carboxylic acids is 2. The third kappa shape index (κ3) is 11.0. The number of unbranched alkanes of at least 4 members (excludes halogenated alkanes) is 2. The Hall–Kier alpha value is -6.40. The number of amides is 2. The van der Waals surface area contributed by atoms with Crippen LogP contribution in [-0.4, -0.2) is 31.6 Å². The third-order valence-corrected chi connectivity index (χ3v) is 6.26. The van der Waals surface area contributed by atoms with Crippen molar-refractivity contribution in [1.82, 2.24) is 9.97 Å². The molecule has 2 aromatic carbocycles. The van der Waals surface area contributed by atoms with Crippen LogP contribution in [0.15, 0.2) is 85.3 Å². The first-order valence-electron chi connectivity index (χ1n) is 14.1. The zero-order valence-electron chi connectivity index (χ0n) is 24.7. The summed E-state index contributed by atoms with van der Waals surface area (Å²) in [5.74, 6) is 4.76. The fourth-order valence-corrected chi connectivity index (χ4v) is 4.03. The maximum absolute atomic E-state index is 11.8. The van der Waals surface area contributed by atoms with E-state index in [1.165, 1.54) is 24.5 Å². The Kier molecular flexibility index (Phi) is 13.1. The number of terminal acetylenes is 2. The van der Waals surface area contributed by atoms with Crippen LogP contribution in [0.25, 0.3) is 22.4 Å². The summed E-state index contributed by atoms with van der Waals surface area (Å²) < 4.78 is 0. The minimum absolute atomic E-state index is 0.0632. The standard InChI is InChI=1S/2C17H15N3O3/c1-2-3-4-8-17(21)19-15-7-5-6-13(9-15)14-10-16(20(22)23)12-18-11-14;1-2-3-4-8-17(21)19-14-7-5-6-13(11-14)16-10-9-15(12-18-16)20(22)23/h2*1,5-7,9-12H,3-4,8H2,(H,19,21). The number of aromatic nitrogens is 2. The Morgan fingerprint density at radius 3 is 1.78 bits per heavy atom. The SMILES string of the molecule is C#CCCCC(=O)Nc1cccc(-c2ccc([N+](=O)[O-])cn2)c1.C#CCCCC(=O)Nc1cccc(-c2cncc([N+](=O)[O-])c2)c1. The summed E-state index contributed by atoms with van der Waals surface area (Å²) in [5, 5.41) is 27.0. The Labute approximate surface area is 265 Å². The second-order valence-corrected chi connectivity index (χ2v) is 9.72. The smallest absolute Gasteiger partial charge is 0.288 e. The van der Waals surface area contributed by atoms with Gasteiger partial charge >= 0.3 is 0 Å². The van der Waals surface area contributed by atoms with Gasteiger partial charge in [0.15, 0.2) is 0 Å². The average molecular weight is 619 g/mol. The molecule has 4 rings (SSSR count). The van der Waals surface area contributed by atoms with Gasteiger partial charge in [-0.1, -0.05) is 24.3 Å². The van der Waals surface area contributed by atoms with Gasteiger partial charge in [-0.15, -0.1) is 24.7 Å². The number of nitrogens with one attached hydrogen (secondary N) is 2. The number of pyridine rings is 2. The van der Waals surface area contributed by atoms with E-state index < -0.39 is 9.85 Å². The van der Waals surface area contributed by atoms with E-state index in [0.29, 0.717) is 61.2 Å². The highest BCUT2D eigenvalue weighted by Gasteiger charge is 2.10. The second-order valence-electron chi connectivity index (χ2n) is 9.72. The van der Waals surface area contributed by atoms with Crippen LogP contribution in [0.2, 0.25) is 0 Å². The van der Waals surface area contributed by atoms with E-state index >= 15 is 0 Å². The van der Waals surface area contributed by atoms with Crippen LogP contribution < -0.4 is 10.6 Å². The van der Waals surface area contributed by atoms with Gasteiger partial charge in [0.05, 0.1) is 15.5 Å². The van der Waals surface area contributed by atoms with Gasteiger partial charge in [0, 0.05) is 66.5 Å². The van der Waals surface area contributed by atoms with Gasteiger partial charge in [-0.05, 0) is 48.7 Å². The molecule has 0 aliphatic rings. The quantitative estimate of drug-likeness (QED) is 0.0756. The molecule has 2 amide bonds. The Balaban J connectivity index is 0.000000250. The number of hydrogen-bond donors (Lipinski definition) is 2. The maximum atomic E-state index is 11.8. The fraction of sp³-hybridized carbons (Fsp3) is 0.176. The molecule has 0 saturated carbocycles. The van der Waals surface area contributed by atoms with Crippen LogP contribution in [0, 0.1) is 44.9 Å². The molecule has 0 aliphatic carbocycles. The molecule has 0 fully saturated rings. The summed E-state index contributed by atoms with van der Waals surface area (Å²) in [5.41, 5.74) is 3.84. The minimum Gasteiger partial charge on any atom is -0.326 e. The normalized spacial score (nSPS) is 9.87. The molecule has 4 aromatic rings. The number of rotatable bonds is 12. The van der Waals surface area contributed by atoms with Gasteiger partial charge in [0.1, 0.15) is 12.4 Å². The van der Waals surface area contributed by atoms with E-state index in [1.54, 1.807) is 54.7 Å². The summed E-state index contributed by atoms with van der Waals surface area (Å²) in [7, 11) is 0. The van der Waals surface area contributed by atoms with Gasteiger partial charge in [-0.3, -0.25) is 34.8 Å². The first-order valence-corrected chi connectivity index (χ1v) is 14.1. The summed E-state index contributed by atoms with van der Waals surface area (Å²) >= 11 is 0. The first kappa shape index (κ1) is 34.1. The molecule has 0 aliphatic heterocycles. The molecule has 0 spiro atoms. The van der Waals surface area contributed by atoms with Crippen LogP contribution in [0.5, 0.6) is 0 Å². The number of nitro groups is 2. The third-order valence-electron chi connectivity index (χ3n) is 6.26. The topological polar surface area (TPSA) is 170 Å². The van der Waals surface area contributed by atoms with Gasteiger partial charge in [0.2, 0.25) is 11.8 Å². The van der Waals surface area contributed by atoms with Crippen molar-refractivity contribution in [2.45, 2.75) is 38.5 Å². The molecular formula is C34H30N6O6. The lowest BCUT2D eigenvalue weighted by atomic mass is 10.1. The second kappa shape index (κ2) is 17.7. The molecule has 232 valence electrons. The molecule has 0 bridgehead atoms. The molecule has 0 radical (unpaired) electrons. The molecular weight excluding hydrogens is 588 g/mol. The van der Waals surface area contributed by atoms with Crippen molar-refractivity contribution in [2.75, 3.05) is 10.6 Å². The van der Waals surface area contributed by atoms with E-state index in [9.17, 15) is 29.8 Å². The zero-order valence-corrected chi connectivity index (χ0v) is 24.7. The number of carbonyl (C=O) groups is 2. The minimum atomic E-state index is -0.496. The lowest BCUT2D eigenvalue weighted by molar-refractivity contribution is -0.385. The number of hydrogen-bond acceptors (Lipinski definition) is 8. The molecule has 12 heteroatoms. The van der Waals surface area contributed by atoms with Crippen LogP contribution in [-0.2, 0) is 9.59 Å². The van der Waals surface area contributed by atoms with E-state index in [0.717, 1.165) is 11.1 Å².